The molecule has 2 rings (SSSR count). The third kappa shape index (κ3) is 2.57. The van der Waals surface area contributed by atoms with Crippen molar-refractivity contribution in [3.63, 3.8) is 0 Å². The Kier molecular flexibility index (Phi) is 4.33. The summed E-state index contributed by atoms with van der Waals surface area (Å²) in [7, 11) is 3.68. The van der Waals surface area contributed by atoms with Crippen LogP contribution in [0.4, 0.5) is 4.39 Å². The van der Waals surface area contributed by atoms with E-state index < -0.39 is 0 Å². The van der Waals surface area contributed by atoms with Crippen LogP contribution in [-0.2, 0) is 7.05 Å². The Morgan fingerprint density at radius 1 is 1.50 bits per heavy atom. The molecule has 0 amide bonds. The lowest BCUT2D eigenvalue weighted by atomic mass is 10.0. The first-order chi connectivity index (χ1) is 8.54. The molecule has 0 aliphatic heterocycles. The van der Waals surface area contributed by atoms with Crippen LogP contribution >= 0.6 is 38.5 Å². The minimum absolute atomic E-state index is 0.0909. The molecule has 18 heavy (non-hydrogen) atoms. The Morgan fingerprint density at radius 3 is 2.72 bits per heavy atom. The van der Waals surface area contributed by atoms with E-state index in [2.05, 4.69) is 54.1 Å². The van der Waals surface area contributed by atoms with E-state index in [1.54, 1.807) is 10.7 Å². The number of nitrogens with zero attached hydrogens (tertiary/aromatic N) is 3. The highest BCUT2D eigenvalue weighted by Gasteiger charge is 2.22. The summed E-state index contributed by atoms with van der Waals surface area (Å²) in [6, 6.07) is 4.65. The van der Waals surface area contributed by atoms with E-state index in [9.17, 15) is 4.39 Å². The van der Waals surface area contributed by atoms with Gasteiger partial charge in [-0.25, -0.2) is 9.07 Å². The molecule has 1 N–H and O–H groups in total. The van der Waals surface area contributed by atoms with Gasteiger partial charge in [0, 0.05) is 10.6 Å². The number of nitrogens with one attached hydrogen (secondary N) is 1. The number of aryl methyl sites for hydroxylation is 1. The fraction of sp³-hybridized carbons (Fsp3) is 0.273. The van der Waals surface area contributed by atoms with Crippen molar-refractivity contribution in [2.24, 2.45) is 7.05 Å². The van der Waals surface area contributed by atoms with Crippen LogP contribution in [0.15, 0.2) is 22.8 Å². The molecule has 2 aromatic rings. The van der Waals surface area contributed by atoms with Gasteiger partial charge in [-0.1, -0.05) is 11.3 Å². The van der Waals surface area contributed by atoms with Gasteiger partial charge in [0.05, 0.1) is 11.7 Å². The molecule has 1 atom stereocenters. The van der Waals surface area contributed by atoms with Gasteiger partial charge in [-0.2, -0.15) is 0 Å². The number of halogens is 3. The van der Waals surface area contributed by atoms with Crippen molar-refractivity contribution in [3.05, 3.63) is 43.4 Å². The standard InChI is InChI=1S/C11H11BrFIN4/c1-15-9(10-11(12)16-17-18(10)2)7-4-3-6(13)5-8(7)14/h3-5,9,15H,1-2H3. The lowest BCUT2D eigenvalue weighted by molar-refractivity contribution is 0.590. The van der Waals surface area contributed by atoms with Gasteiger partial charge in [0.25, 0.3) is 0 Å². The van der Waals surface area contributed by atoms with E-state index in [0.29, 0.717) is 4.60 Å². The average Bonchev–Trinajstić information content (AvgIpc) is 2.64. The summed E-state index contributed by atoms with van der Waals surface area (Å²) in [5.74, 6) is -0.236. The predicted molar refractivity (Wildman–Crippen MR) is 78.7 cm³/mol. The summed E-state index contributed by atoms with van der Waals surface area (Å²) in [5, 5.41) is 11.1. The maximum Gasteiger partial charge on any atom is 0.153 e. The summed E-state index contributed by atoms with van der Waals surface area (Å²) in [5.41, 5.74) is 1.90. The predicted octanol–water partition coefficient (Wildman–Crippen LogP) is 2.63. The molecule has 0 aliphatic carbocycles. The second kappa shape index (κ2) is 5.62. The van der Waals surface area contributed by atoms with Crippen LogP contribution in [0, 0.1) is 9.39 Å². The molecule has 96 valence electrons. The molecule has 0 spiro atoms. The Bertz CT molecular complexity index is 553. The van der Waals surface area contributed by atoms with Crippen molar-refractivity contribution in [1.82, 2.24) is 20.3 Å². The topological polar surface area (TPSA) is 42.7 Å². The Hall–Kier alpha value is -0.540. The zero-order valence-corrected chi connectivity index (χ0v) is 13.5. The molecular formula is C11H11BrFIN4. The molecule has 1 heterocycles. The summed E-state index contributed by atoms with van der Waals surface area (Å²) in [6.07, 6.45) is 0. The minimum Gasteiger partial charge on any atom is -0.308 e. The van der Waals surface area contributed by atoms with Gasteiger partial charge in [0.15, 0.2) is 4.60 Å². The Morgan fingerprint density at radius 2 is 2.22 bits per heavy atom. The van der Waals surface area contributed by atoms with Crippen molar-refractivity contribution in [3.8, 4) is 0 Å². The molecule has 0 fully saturated rings. The summed E-state index contributed by atoms with van der Waals surface area (Å²) < 4.78 is 16.4. The molecule has 0 radical (unpaired) electrons. The molecule has 1 aromatic heterocycles. The third-order valence-corrected chi connectivity index (χ3v) is 4.16. The van der Waals surface area contributed by atoms with Crippen LogP contribution in [0.3, 0.4) is 0 Å². The molecule has 0 saturated carbocycles. The minimum atomic E-state index is -0.236. The van der Waals surface area contributed by atoms with E-state index in [1.807, 2.05) is 14.1 Å². The molecule has 4 nitrogen and oxygen atoms in total. The first kappa shape index (κ1) is 13.9. The Labute approximate surface area is 126 Å². The maximum atomic E-state index is 13.2. The van der Waals surface area contributed by atoms with Gasteiger partial charge >= 0.3 is 0 Å². The highest BCUT2D eigenvalue weighted by atomic mass is 127. The van der Waals surface area contributed by atoms with Crippen LogP contribution in [-0.4, -0.2) is 22.0 Å². The van der Waals surface area contributed by atoms with Crippen molar-refractivity contribution >= 4 is 38.5 Å². The van der Waals surface area contributed by atoms with Crippen molar-refractivity contribution in [1.29, 1.82) is 0 Å². The molecule has 0 aliphatic rings. The van der Waals surface area contributed by atoms with Crippen LogP contribution in [0.5, 0.6) is 0 Å². The molecule has 1 aromatic carbocycles. The normalized spacial score (nSPS) is 12.7. The number of hydrogen-bond acceptors (Lipinski definition) is 3. The van der Waals surface area contributed by atoms with Gasteiger partial charge in [-0.3, -0.25) is 0 Å². The largest absolute Gasteiger partial charge is 0.308 e. The summed E-state index contributed by atoms with van der Waals surface area (Å²) in [4.78, 5) is 0. The van der Waals surface area contributed by atoms with Gasteiger partial charge in [0.1, 0.15) is 5.82 Å². The monoisotopic (exact) mass is 424 g/mol. The van der Waals surface area contributed by atoms with E-state index in [1.165, 1.54) is 12.1 Å². The number of benzene rings is 1. The van der Waals surface area contributed by atoms with Gasteiger partial charge in [-0.15, -0.1) is 5.10 Å². The van der Waals surface area contributed by atoms with Crippen LogP contribution < -0.4 is 5.32 Å². The lowest BCUT2D eigenvalue weighted by Gasteiger charge is -2.18. The van der Waals surface area contributed by atoms with E-state index in [4.69, 9.17) is 0 Å². The number of aromatic nitrogens is 3. The van der Waals surface area contributed by atoms with Crippen molar-refractivity contribution in [2.45, 2.75) is 6.04 Å². The molecule has 0 bridgehead atoms. The molecule has 0 saturated heterocycles. The van der Waals surface area contributed by atoms with Crippen LogP contribution in [0.25, 0.3) is 0 Å². The number of hydrogen-bond donors (Lipinski definition) is 1. The first-order valence-corrected chi connectivity index (χ1v) is 7.09. The molecular weight excluding hydrogens is 414 g/mol. The summed E-state index contributed by atoms with van der Waals surface area (Å²) in [6.45, 7) is 0. The smallest absolute Gasteiger partial charge is 0.153 e. The van der Waals surface area contributed by atoms with Gasteiger partial charge in [0.2, 0.25) is 0 Å². The highest BCUT2D eigenvalue weighted by Crippen LogP contribution is 2.29. The summed E-state index contributed by atoms with van der Waals surface area (Å²) >= 11 is 5.51. The fourth-order valence-electron chi connectivity index (χ4n) is 1.82. The third-order valence-electron chi connectivity index (χ3n) is 2.66. The second-order valence-electron chi connectivity index (χ2n) is 3.78. The van der Waals surface area contributed by atoms with Gasteiger partial charge < -0.3 is 5.32 Å². The zero-order valence-electron chi connectivity index (χ0n) is 9.78. The first-order valence-electron chi connectivity index (χ1n) is 5.22. The Balaban J connectivity index is 2.52. The van der Waals surface area contributed by atoms with Gasteiger partial charge in [-0.05, 0) is 63.3 Å². The lowest BCUT2D eigenvalue weighted by Crippen LogP contribution is -2.22. The van der Waals surface area contributed by atoms with Crippen molar-refractivity contribution < 1.29 is 4.39 Å². The molecule has 7 heteroatoms. The van der Waals surface area contributed by atoms with Crippen LogP contribution in [0.1, 0.15) is 17.3 Å². The van der Waals surface area contributed by atoms with Crippen molar-refractivity contribution in [2.75, 3.05) is 7.05 Å². The maximum absolute atomic E-state index is 13.2. The van der Waals surface area contributed by atoms with E-state index in [0.717, 1.165) is 14.8 Å². The fourth-order valence-corrected chi connectivity index (χ4v) is 3.17. The van der Waals surface area contributed by atoms with E-state index in [-0.39, 0.29) is 11.9 Å². The SMILES string of the molecule is CNC(c1ccc(F)cc1I)c1c(Br)nnn1C. The number of rotatable bonds is 3. The van der Waals surface area contributed by atoms with E-state index >= 15 is 0 Å². The molecule has 1 unspecified atom stereocenters. The second-order valence-corrected chi connectivity index (χ2v) is 5.69. The highest BCUT2D eigenvalue weighted by molar-refractivity contribution is 14.1. The zero-order chi connectivity index (χ0) is 13.3. The van der Waals surface area contributed by atoms with Crippen LogP contribution in [0.2, 0.25) is 0 Å². The average molecular weight is 425 g/mol. The quantitative estimate of drug-likeness (QED) is 0.770.